The molecule has 0 aliphatic heterocycles. The van der Waals surface area contributed by atoms with Gasteiger partial charge in [-0.15, -0.1) is 11.3 Å². The van der Waals surface area contributed by atoms with Crippen LogP contribution in [0.1, 0.15) is 56.7 Å². The Morgan fingerprint density at radius 2 is 2.21 bits per heavy atom. The van der Waals surface area contributed by atoms with Gasteiger partial charge in [0.2, 0.25) is 0 Å². The van der Waals surface area contributed by atoms with Crippen molar-refractivity contribution < 1.29 is 0 Å². The zero-order valence-electron chi connectivity index (χ0n) is 12.5. The minimum atomic E-state index is 0.741. The normalized spacial score (nSPS) is 25.4. The van der Waals surface area contributed by atoms with Crippen molar-refractivity contribution in [1.82, 2.24) is 5.32 Å². The van der Waals surface area contributed by atoms with Crippen molar-refractivity contribution in [3.63, 3.8) is 0 Å². The van der Waals surface area contributed by atoms with Gasteiger partial charge in [0.05, 0.1) is 0 Å². The number of thiophene rings is 1. The summed E-state index contributed by atoms with van der Waals surface area (Å²) in [5.41, 5.74) is 0. The zero-order chi connectivity index (χ0) is 13.5. The number of aryl methyl sites for hydroxylation is 1. The maximum atomic E-state index is 3.62. The van der Waals surface area contributed by atoms with Gasteiger partial charge in [-0.3, -0.25) is 0 Å². The molecule has 19 heavy (non-hydrogen) atoms. The van der Waals surface area contributed by atoms with Gasteiger partial charge in [-0.25, -0.2) is 0 Å². The monoisotopic (exact) mass is 279 g/mol. The van der Waals surface area contributed by atoms with Gasteiger partial charge in [0.1, 0.15) is 0 Å². The first-order chi connectivity index (χ1) is 9.35. The average Bonchev–Trinajstić information content (AvgIpc) is 2.97. The average molecular weight is 279 g/mol. The van der Waals surface area contributed by atoms with Gasteiger partial charge < -0.3 is 5.32 Å². The summed E-state index contributed by atoms with van der Waals surface area (Å²) in [7, 11) is 2.16. The van der Waals surface area contributed by atoms with Crippen molar-refractivity contribution in [3.8, 4) is 0 Å². The Labute approximate surface area is 122 Å². The van der Waals surface area contributed by atoms with Crippen LogP contribution in [-0.4, -0.2) is 13.1 Å². The van der Waals surface area contributed by atoms with Crippen molar-refractivity contribution >= 4 is 11.3 Å². The van der Waals surface area contributed by atoms with E-state index in [9.17, 15) is 0 Å². The fraction of sp³-hybridized carbons (Fsp3) is 0.765. The first-order valence-corrected chi connectivity index (χ1v) is 8.92. The molecular formula is C17H29NS. The van der Waals surface area contributed by atoms with E-state index in [1.54, 1.807) is 4.88 Å². The highest BCUT2D eigenvalue weighted by atomic mass is 32.1. The van der Waals surface area contributed by atoms with Gasteiger partial charge in [0, 0.05) is 10.9 Å². The van der Waals surface area contributed by atoms with Gasteiger partial charge in [-0.1, -0.05) is 38.7 Å². The molecule has 3 atom stereocenters. The number of nitrogens with one attached hydrogen (secondary N) is 1. The quantitative estimate of drug-likeness (QED) is 0.750. The van der Waals surface area contributed by atoms with Crippen LogP contribution in [0.5, 0.6) is 0 Å². The topological polar surface area (TPSA) is 12.0 Å². The maximum absolute atomic E-state index is 3.62. The molecule has 1 heterocycles. The van der Waals surface area contributed by atoms with E-state index in [0.29, 0.717) is 0 Å². The molecule has 0 aromatic carbocycles. The summed E-state index contributed by atoms with van der Waals surface area (Å²) < 4.78 is 0. The van der Waals surface area contributed by atoms with E-state index >= 15 is 0 Å². The molecule has 1 fully saturated rings. The molecule has 1 nitrogen and oxygen atoms in total. The summed E-state index contributed by atoms with van der Waals surface area (Å²) in [5, 5.41) is 5.81. The van der Waals surface area contributed by atoms with Crippen molar-refractivity contribution in [2.45, 2.75) is 64.3 Å². The van der Waals surface area contributed by atoms with Crippen molar-refractivity contribution in [1.29, 1.82) is 0 Å². The molecule has 1 saturated carbocycles. The first-order valence-electron chi connectivity index (χ1n) is 8.04. The standard InChI is InChI=1S/C17H29NS/c1-3-14-8-4-5-11-16(14)17(18-2)12-6-9-15-10-7-13-19-15/h7,10,13-14,16-18H,3-6,8-9,11-12H2,1-2H3. The molecule has 2 rings (SSSR count). The Balaban J connectivity index is 1.81. The molecule has 0 saturated heterocycles. The van der Waals surface area contributed by atoms with Crippen LogP contribution in [0.3, 0.4) is 0 Å². The molecule has 108 valence electrons. The SMILES string of the molecule is CCC1CCCCC1C(CCCc1cccs1)NC. The number of hydrogen-bond donors (Lipinski definition) is 1. The Morgan fingerprint density at radius 3 is 2.89 bits per heavy atom. The molecule has 1 aliphatic rings. The van der Waals surface area contributed by atoms with Crippen LogP contribution in [0.2, 0.25) is 0 Å². The summed E-state index contributed by atoms with van der Waals surface area (Å²) in [6.45, 7) is 2.38. The third kappa shape index (κ3) is 4.32. The summed E-state index contributed by atoms with van der Waals surface area (Å²) in [5.74, 6) is 1.89. The van der Waals surface area contributed by atoms with Gasteiger partial charge in [-0.2, -0.15) is 0 Å². The Bertz CT molecular complexity index is 333. The van der Waals surface area contributed by atoms with Crippen LogP contribution in [0, 0.1) is 11.8 Å². The Morgan fingerprint density at radius 1 is 1.37 bits per heavy atom. The first kappa shape index (κ1) is 15.1. The van der Waals surface area contributed by atoms with Crippen LogP contribution in [0.25, 0.3) is 0 Å². The Kier molecular flexibility index (Phi) is 6.39. The Hall–Kier alpha value is -0.340. The molecule has 1 aromatic rings. The fourth-order valence-corrected chi connectivity index (χ4v) is 4.55. The lowest BCUT2D eigenvalue weighted by Crippen LogP contribution is -2.39. The number of rotatable bonds is 7. The van der Waals surface area contributed by atoms with Crippen molar-refractivity contribution in [3.05, 3.63) is 22.4 Å². The van der Waals surface area contributed by atoms with E-state index in [0.717, 1.165) is 17.9 Å². The molecule has 1 N–H and O–H groups in total. The van der Waals surface area contributed by atoms with Crippen LogP contribution in [0.15, 0.2) is 17.5 Å². The minimum Gasteiger partial charge on any atom is -0.317 e. The van der Waals surface area contributed by atoms with Crippen molar-refractivity contribution in [2.24, 2.45) is 11.8 Å². The molecule has 0 radical (unpaired) electrons. The summed E-state index contributed by atoms with van der Waals surface area (Å²) in [6, 6.07) is 5.18. The molecule has 0 spiro atoms. The van der Waals surface area contributed by atoms with Gasteiger partial charge >= 0.3 is 0 Å². The molecule has 2 heteroatoms. The van der Waals surface area contributed by atoms with E-state index in [4.69, 9.17) is 0 Å². The smallest absolute Gasteiger partial charge is 0.00950 e. The lowest BCUT2D eigenvalue weighted by molar-refractivity contribution is 0.172. The summed E-state index contributed by atoms with van der Waals surface area (Å²) in [6.07, 6.45) is 11.1. The maximum Gasteiger partial charge on any atom is 0.00950 e. The summed E-state index contributed by atoms with van der Waals surface area (Å²) in [4.78, 5) is 1.55. The fourth-order valence-electron chi connectivity index (χ4n) is 3.80. The van der Waals surface area contributed by atoms with E-state index in [2.05, 4.69) is 36.8 Å². The minimum absolute atomic E-state index is 0.741. The van der Waals surface area contributed by atoms with Gasteiger partial charge in [0.25, 0.3) is 0 Å². The van der Waals surface area contributed by atoms with E-state index in [1.807, 2.05) is 11.3 Å². The molecule has 3 unspecified atom stereocenters. The highest BCUT2D eigenvalue weighted by molar-refractivity contribution is 7.09. The molecule has 1 aliphatic carbocycles. The van der Waals surface area contributed by atoms with Crippen LogP contribution < -0.4 is 5.32 Å². The predicted octanol–water partition coefficient (Wildman–Crippen LogP) is 4.88. The lowest BCUT2D eigenvalue weighted by Gasteiger charge is -2.37. The lowest BCUT2D eigenvalue weighted by atomic mass is 9.73. The van der Waals surface area contributed by atoms with Gasteiger partial charge in [-0.05, 0) is 56.0 Å². The van der Waals surface area contributed by atoms with Crippen molar-refractivity contribution in [2.75, 3.05) is 7.05 Å². The molecule has 1 aromatic heterocycles. The largest absolute Gasteiger partial charge is 0.317 e. The summed E-state index contributed by atoms with van der Waals surface area (Å²) >= 11 is 1.90. The highest BCUT2D eigenvalue weighted by Gasteiger charge is 2.29. The zero-order valence-corrected chi connectivity index (χ0v) is 13.3. The second kappa shape index (κ2) is 8.06. The molecule has 0 bridgehead atoms. The molecule has 0 amide bonds. The third-order valence-corrected chi connectivity index (χ3v) is 5.83. The van der Waals surface area contributed by atoms with Gasteiger partial charge in [0.15, 0.2) is 0 Å². The second-order valence-electron chi connectivity index (χ2n) is 5.98. The highest BCUT2D eigenvalue weighted by Crippen LogP contribution is 2.35. The molecular weight excluding hydrogens is 250 g/mol. The van der Waals surface area contributed by atoms with E-state index in [1.165, 1.54) is 51.4 Å². The second-order valence-corrected chi connectivity index (χ2v) is 7.02. The van der Waals surface area contributed by atoms with Crippen LogP contribution in [-0.2, 0) is 6.42 Å². The van der Waals surface area contributed by atoms with E-state index < -0.39 is 0 Å². The number of hydrogen-bond acceptors (Lipinski definition) is 2. The van der Waals surface area contributed by atoms with E-state index in [-0.39, 0.29) is 0 Å². The predicted molar refractivity (Wildman–Crippen MR) is 85.8 cm³/mol. The van der Waals surface area contributed by atoms with Crippen LogP contribution >= 0.6 is 11.3 Å². The third-order valence-electron chi connectivity index (χ3n) is 4.90. The van der Waals surface area contributed by atoms with Crippen LogP contribution in [0.4, 0.5) is 0 Å².